The van der Waals surface area contributed by atoms with E-state index in [1.54, 1.807) is 24.3 Å². The van der Waals surface area contributed by atoms with Crippen molar-refractivity contribution >= 4 is 29.5 Å². The minimum Gasteiger partial charge on any atom is -0.482 e. The van der Waals surface area contributed by atoms with Crippen LogP contribution in [-0.2, 0) is 14.3 Å². The van der Waals surface area contributed by atoms with Crippen molar-refractivity contribution in [1.82, 2.24) is 0 Å². The van der Waals surface area contributed by atoms with Crippen LogP contribution in [-0.4, -0.2) is 44.5 Å². The first-order valence-corrected chi connectivity index (χ1v) is 10.0. The maximum Gasteiger partial charge on any atom is 0.344 e. The first-order valence-electron chi connectivity index (χ1n) is 10.0. The lowest BCUT2D eigenvalue weighted by atomic mass is 9.99. The molecule has 1 saturated heterocycles. The maximum absolute atomic E-state index is 12.0. The first-order chi connectivity index (χ1) is 14.5. The smallest absolute Gasteiger partial charge is 0.344 e. The standard InChI is InChI=1S/C23H26N2O5/c1-17-10-12-25(13-11-17)20-6-4-19(5-7-20)24-22(27)15-30-23(28)16-29-21-8-2-18(14-26)3-9-21/h2-9,14,17H,10-13,15-16H2,1H3,(H,24,27). The summed E-state index contributed by atoms with van der Waals surface area (Å²) >= 11 is 0. The van der Waals surface area contributed by atoms with Crippen LogP contribution in [0.15, 0.2) is 48.5 Å². The number of aldehydes is 1. The van der Waals surface area contributed by atoms with Crippen molar-refractivity contribution in [3.63, 3.8) is 0 Å². The Kier molecular flexibility index (Phi) is 7.43. The molecule has 3 rings (SSSR count). The van der Waals surface area contributed by atoms with Crippen LogP contribution < -0.4 is 15.0 Å². The van der Waals surface area contributed by atoms with Gasteiger partial charge in [0.1, 0.15) is 12.0 Å². The Morgan fingerprint density at radius 1 is 1.03 bits per heavy atom. The number of carbonyl (C=O) groups excluding carboxylic acids is 3. The second-order valence-electron chi connectivity index (χ2n) is 7.40. The highest BCUT2D eigenvalue weighted by atomic mass is 16.6. The van der Waals surface area contributed by atoms with Crippen LogP contribution in [0.1, 0.15) is 30.1 Å². The number of esters is 1. The number of piperidine rings is 1. The van der Waals surface area contributed by atoms with Crippen molar-refractivity contribution in [2.24, 2.45) is 5.92 Å². The molecule has 30 heavy (non-hydrogen) atoms. The Morgan fingerprint density at radius 2 is 1.70 bits per heavy atom. The summed E-state index contributed by atoms with van der Waals surface area (Å²) in [4.78, 5) is 36.7. The van der Waals surface area contributed by atoms with Gasteiger partial charge in [0, 0.05) is 30.0 Å². The van der Waals surface area contributed by atoms with Gasteiger partial charge in [-0.2, -0.15) is 0 Å². The molecule has 0 radical (unpaired) electrons. The van der Waals surface area contributed by atoms with E-state index in [9.17, 15) is 14.4 Å². The van der Waals surface area contributed by atoms with E-state index in [2.05, 4.69) is 17.1 Å². The number of ether oxygens (including phenoxy) is 2. The number of hydrogen-bond donors (Lipinski definition) is 1. The normalized spacial score (nSPS) is 14.1. The number of benzene rings is 2. The van der Waals surface area contributed by atoms with Gasteiger partial charge in [0.2, 0.25) is 0 Å². The summed E-state index contributed by atoms with van der Waals surface area (Å²) in [5, 5.41) is 2.71. The topological polar surface area (TPSA) is 84.9 Å². The summed E-state index contributed by atoms with van der Waals surface area (Å²) in [7, 11) is 0. The van der Waals surface area contributed by atoms with E-state index in [4.69, 9.17) is 9.47 Å². The van der Waals surface area contributed by atoms with Crippen molar-refractivity contribution in [2.75, 3.05) is 36.5 Å². The zero-order valence-corrected chi connectivity index (χ0v) is 17.0. The highest BCUT2D eigenvalue weighted by Gasteiger charge is 2.16. The summed E-state index contributed by atoms with van der Waals surface area (Å²) in [5.74, 6) is 0.138. The van der Waals surface area contributed by atoms with E-state index in [1.807, 2.05) is 24.3 Å². The molecule has 0 unspecified atom stereocenters. The molecule has 2 aromatic rings. The Morgan fingerprint density at radius 3 is 2.33 bits per heavy atom. The van der Waals surface area contributed by atoms with Crippen molar-refractivity contribution in [1.29, 1.82) is 0 Å². The Bertz CT molecular complexity index is 856. The van der Waals surface area contributed by atoms with E-state index in [0.29, 0.717) is 17.0 Å². The quantitative estimate of drug-likeness (QED) is 0.531. The van der Waals surface area contributed by atoms with Gasteiger partial charge in [-0.25, -0.2) is 4.79 Å². The SMILES string of the molecule is CC1CCN(c2ccc(NC(=O)COC(=O)COc3ccc(C=O)cc3)cc2)CC1. The van der Waals surface area contributed by atoms with Crippen molar-refractivity contribution in [3.8, 4) is 5.75 Å². The number of anilines is 2. The summed E-state index contributed by atoms with van der Waals surface area (Å²) < 4.78 is 10.2. The molecule has 158 valence electrons. The molecule has 7 heteroatoms. The molecule has 0 spiro atoms. The Balaban J connectivity index is 1.38. The second kappa shape index (κ2) is 10.4. The van der Waals surface area contributed by atoms with E-state index in [0.717, 1.165) is 31.0 Å². The fraction of sp³-hybridized carbons (Fsp3) is 0.348. The van der Waals surface area contributed by atoms with Gasteiger partial charge in [0.25, 0.3) is 5.91 Å². The molecule has 0 aliphatic carbocycles. The van der Waals surface area contributed by atoms with Gasteiger partial charge in [-0.05, 0) is 67.3 Å². The second-order valence-corrected chi connectivity index (χ2v) is 7.40. The molecule has 0 bridgehead atoms. The average Bonchev–Trinajstić information content (AvgIpc) is 2.78. The number of amides is 1. The highest BCUT2D eigenvalue weighted by molar-refractivity contribution is 5.93. The van der Waals surface area contributed by atoms with Crippen LogP contribution in [0.3, 0.4) is 0 Å². The van der Waals surface area contributed by atoms with Crippen molar-refractivity contribution in [2.45, 2.75) is 19.8 Å². The Hall–Kier alpha value is -3.35. The van der Waals surface area contributed by atoms with Gasteiger partial charge in [-0.15, -0.1) is 0 Å². The van der Waals surface area contributed by atoms with Crippen LogP contribution in [0.4, 0.5) is 11.4 Å². The van der Waals surface area contributed by atoms with Crippen LogP contribution in [0.25, 0.3) is 0 Å². The van der Waals surface area contributed by atoms with Crippen LogP contribution in [0.5, 0.6) is 5.75 Å². The largest absolute Gasteiger partial charge is 0.482 e. The molecule has 1 N–H and O–H groups in total. The van der Waals surface area contributed by atoms with E-state index in [1.165, 1.54) is 12.8 Å². The summed E-state index contributed by atoms with van der Waals surface area (Å²) in [6.45, 7) is 3.66. The van der Waals surface area contributed by atoms with Gasteiger partial charge < -0.3 is 19.7 Å². The number of nitrogens with one attached hydrogen (secondary N) is 1. The van der Waals surface area contributed by atoms with Crippen LogP contribution >= 0.6 is 0 Å². The molecular formula is C23H26N2O5. The number of hydrogen-bond acceptors (Lipinski definition) is 6. The van der Waals surface area contributed by atoms with E-state index in [-0.39, 0.29) is 6.61 Å². The molecule has 2 aromatic carbocycles. The number of nitrogens with zero attached hydrogens (tertiary/aromatic N) is 1. The third-order valence-corrected chi connectivity index (χ3v) is 5.04. The lowest BCUT2D eigenvalue weighted by Gasteiger charge is -2.32. The van der Waals surface area contributed by atoms with Crippen LogP contribution in [0.2, 0.25) is 0 Å². The fourth-order valence-corrected chi connectivity index (χ4v) is 3.19. The lowest BCUT2D eigenvalue weighted by Crippen LogP contribution is -2.32. The summed E-state index contributed by atoms with van der Waals surface area (Å²) in [6.07, 6.45) is 3.10. The van der Waals surface area contributed by atoms with Crippen LogP contribution in [0, 0.1) is 5.92 Å². The predicted molar refractivity (Wildman–Crippen MR) is 114 cm³/mol. The molecule has 0 saturated carbocycles. The van der Waals surface area contributed by atoms with E-state index < -0.39 is 18.5 Å². The summed E-state index contributed by atoms with van der Waals surface area (Å²) in [5.41, 5.74) is 2.31. The monoisotopic (exact) mass is 410 g/mol. The van der Waals surface area contributed by atoms with E-state index >= 15 is 0 Å². The van der Waals surface area contributed by atoms with Gasteiger partial charge in [-0.3, -0.25) is 9.59 Å². The minimum atomic E-state index is -0.653. The van der Waals surface area contributed by atoms with Crippen molar-refractivity contribution in [3.05, 3.63) is 54.1 Å². The lowest BCUT2D eigenvalue weighted by molar-refractivity contribution is -0.149. The van der Waals surface area contributed by atoms with Gasteiger partial charge in [0.05, 0.1) is 0 Å². The first kappa shape index (κ1) is 21.4. The average molecular weight is 410 g/mol. The molecular weight excluding hydrogens is 384 g/mol. The Labute approximate surface area is 176 Å². The third-order valence-electron chi connectivity index (χ3n) is 5.04. The molecule has 1 amide bonds. The highest BCUT2D eigenvalue weighted by Crippen LogP contribution is 2.24. The molecule has 1 heterocycles. The minimum absolute atomic E-state index is 0.323. The van der Waals surface area contributed by atoms with Gasteiger partial charge in [-0.1, -0.05) is 6.92 Å². The number of rotatable bonds is 8. The molecule has 0 atom stereocenters. The molecule has 1 aliphatic heterocycles. The van der Waals surface area contributed by atoms with Gasteiger partial charge in [0.15, 0.2) is 13.2 Å². The fourth-order valence-electron chi connectivity index (χ4n) is 3.19. The third kappa shape index (κ3) is 6.34. The van der Waals surface area contributed by atoms with Crippen molar-refractivity contribution < 1.29 is 23.9 Å². The molecule has 1 aliphatic rings. The predicted octanol–water partition coefficient (Wildman–Crippen LogP) is 3.30. The summed E-state index contributed by atoms with van der Waals surface area (Å²) in [6, 6.07) is 14.0. The number of carbonyl (C=O) groups is 3. The maximum atomic E-state index is 12.0. The van der Waals surface area contributed by atoms with Gasteiger partial charge >= 0.3 is 5.97 Å². The zero-order valence-electron chi connectivity index (χ0n) is 17.0. The molecule has 1 fully saturated rings. The molecule has 0 aromatic heterocycles. The zero-order chi connectivity index (χ0) is 21.3. The molecule has 7 nitrogen and oxygen atoms in total.